The first-order valence-electron chi connectivity index (χ1n) is 9.76. The lowest BCUT2D eigenvalue weighted by atomic mass is 9.73. The van der Waals surface area contributed by atoms with Gasteiger partial charge in [-0.2, -0.15) is 0 Å². The van der Waals surface area contributed by atoms with E-state index in [1.807, 2.05) is 6.07 Å². The maximum Gasteiger partial charge on any atom is 0.119 e. The van der Waals surface area contributed by atoms with Gasteiger partial charge in [0.05, 0.1) is 12.2 Å². The molecule has 0 aromatic heterocycles. The Morgan fingerprint density at radius 2 is 2.00 bits per heavy atom. The molecule has 134 valence electrons. The van der Waals surface area contributed by atoms with Gasteiger partial charge in [0.25, 0.3) is 0 Å². The first-order chi connectivity index (χ1) is 11.6. The quantitative estimate of drug-likeness (QED) is 0.665. The standard InChI is InChI=1S/C21H32O3/c1-2-3-4-7-16(22)9-10-17-18-11-14-6-5-8-20(23)19(14)12-15(18)13-21(17)24/h5-6,8,15-18,21-24H,2-4,7,9-13H2,1H3/t15-,16-,17?,18-,21?/m0/s1. The second-order valence-electron chi connectivity index (χ2n) is 7.94. The van der Waals surface area contributed by atoms with Crippen molar-refractivity contribution in [2.75, 3.05) is 0 Å². The molecule has 0 radical (unpaired) electrons. The largest absolute Gasteiger partial charge is 0.508 e. The maximum absolute atomic E-state index is 10.6. The molecule has 5 atom stereocenters. The Balaban J connectivity index is 1.59. The number of aromatic hydroxyl groups is 1. The molecule has 1 aromatic rings. The highest BCUT2D eigenvalue weighted by Crippen LogP contribution is 2.48. The summed E-state index contributed by atoms with van der Waals surface area (Å²) >= 11 is 0. The summed E-state index contributed by atoms with van der Waals surface area (Å²) in [6, 6.07) is 5.81. The number of phenolic OH excluding ortho intramolecular Hbond substituents is 1. The minimum atomic E-state index is -0.251. The van der Waals surface area contributed by atoms with E-state index in [-0.39, 0.29) is 12.2 Å². The molecular weight excluding hydrogens is 300 g/mol. The van der Waals surface area contributed by atoms with Crippen LogP contribution in [0.25, 0.3) is 0 Å². The molecule has 2 aliphatic rings. The smallest absolute Gasteiger partial charge is 0.119 e. The van der Waals surface area contributed by atoms with Crippen molar-refractivity contribution in [2.24, 2.45) is 17.8 Å². The zero-order valence-electron chi connectivity index (χ0n) is 14.8. The van der Waals surface area contributed by atoms with Crippen molar-refractivity contribution in [3.8, 4) is 5.75 Å². The second-order valence-corrected chi connectivity index (χ2v) is 7.94. The van der Waals surface area contributed by atoms with E-state index in [4.69, 9.17) is 0 Å². The zero-order valence-corrected chi connectivity index (χ0v) is 14.8. The van der Waals surface area contributed by atoms with Gasteiger partial charge in [-0.25, -0.2) is 0 Å². The van der Waals surface area contributed by atoms with Crippen LogP contribution in [0, 0.1) is 17.8 Å². The maximum atomic E-state index is 10.6. The highest BCUT2D eigenvalue weighted by molar-refractivity contribution is 5.42. The molecule has 2 aliphatic carbocycles. The summed E-state index contributed by atoms with van der Waals surface area (Å²) in [5.41, 5.74) is 2.34. The number of hydrogen-bond donors (Lipinski definition) is 3. The first-order valence-corrected chi connectivity index (χ1v) is 9.76. The van der Waals surface area contributed by atoms with Gasteiger partial charge in [0.1, 0.15) is 5.75 Å². The van der Waals surface area contributed by atoms with Crippen molar-refractivity contribution in [2.45, 2.75) is 76.9 Å². The minimum Gasteiger partial charge on any atom is -0.508 e. The van der Waals surface area contributed by atoms with Crippen LogP contribution >= 0.6 is 0 Å². The van der Waals surface area contributed by atoms with Crippen molar-refractivity contribution in [3.63, 3.8) is 0 Å². The van der Waals surface area contributed by atoms with Gasteiger partial charge in [-0.1, -0.05) is 38.3 Å². The number of aliphatic hydroxyl groups is 2. The molecule has 1 aromatic carbocycles. The fraction of sp³-hybridized carbons (Fsp3) is 0.714. The molecule has 1 fully saturated rings. The Morgan fingerprint density at radius 1 is 1.17 bits per heavy atom. The van der Waals surface area contributed by atoms with Crippen molar-refractivity contribution < 1.29 is 15.3 Å². The van der Waals surface area contributed by atoms with Gasteiger partial charge in [0, 0.05) is 0 Å². The van der Waals surface area contributed by atoms with Crippen molar-refractivity contribution in [3.05, 3.63) is 29.3 Å². The summed E-state index contributed by atoms with van der Waals surface area (Å²) < 4.78 is 0. The topological polar surface area (TPSA) is 60.7 Å². The number of benzene rings is 1. The summed E-state index contributed by atoms with van der Waals surface area (Å²) in [5.74, 6) is 1.68. The summed E-state index contributed by atoms with van der Waals surface area (Å²) in [7, 11) is 0. The van der Waals surface area contributed by atoms with E-state index in [1.165, 1.54) is 18.4 Å². The van der Waals surface area contributed by atoms with Crippen LogP contribution in [0.5, 0.6) is 5.75 Å². The molecule has 2 unspecified atom stereocenters. The number of rotatable bonds is 7. The molecule has 3 N–H and O–H groups in total. The van der Waals surface area contributed by atoms with E-state index < -0.39 is 0 Å². The number of aliphatic hydroxyl groups excluding tert-OH is 2. The van der Waals surface area contributed by atoms with E-state index >= 15 is 0 Å². The summed E-state index contributed by atoms with van der Waals surface area (Å²) in [4.78, 5) is 0. The molecular formula is C21H32O3. The molecule has 3 heteroatoms. The Bertz CT molecular complexity index is 542. The molecule has 3 rings (SSSR count). The molecule has 1 saturated carbocycles. The third-order valence-electron chi connectivity index (χ3n) is 6.34. The number of hydrogen-bond acceptors (Lipinski definition) is 3. The predicted molar refractivity (Wildman–Crippen MR) is 96.0 cm³/mol. The van der Waals surface area contributed by atoms with Crippen molar-refractivity contribution in [1.29, 1.82) is 0 Å². The first kappa shape index (κ1) is 17.8. The summed E-state index contributed by atoms with van der Waals surface area (Å²) in [5, 5.41) is 30.8. The van der Waals surface area contributed by atoms with Crippen LogP contribution in [0.1, 0.15) is 63.0 Å². The van der Waals surface area contributed by atoms with Gasteiger partial charge in [-0.3, -0.25) is 0 Å². The normalized spacial score (nSPS) is 30.0. The Hall–Kier alpha value is -1.06. The van der Waals surface area contributed by atoms with Crippen LogP contribution in [0.2, 0.25) is 0 Å². The monoisotopic (exact) mass is 332 g/mol. The van der Waals surface area contributed by atoms with Gasteiger partial charge < -0.3 is 15.3 Å². The van der Waals surface area contributed by atoms with Crippen LogP contribution in [-0.2, 0) is 12.8 Å². The molecule has 0 saturated heterocycles. The van der Waals surface area contributed by atoms with E-state index in [0.29, 0.717) is 23.5 Å². The van der Waals surface area contributed by atoms with E-state index in [1.54, 1.807) is 6.07 Å². The second kappa shape index (κ2) is 7.88. The van der Waals surface area contributed by atoms with Crippen molar-refractivity contribution >= 4 is 0 Å². The highest BCUT2D eigenvalue weighted by atomic mass is 16.3. The Kier molecular flexibility index (Phi) is 5.83. The van der Waals surface area contributed by atoms with Crippen LogP contribution in [0.3, 0.4) is 0 Å². The molecule has 0 amide bonds. The average Bonchev–Trinajstić information content (AvgIpc) is 2.86. The Morgan fingerprint density at radius 3 is 2.79 bits per heavy atom. The Labute approximate surface area is 145 Å². The summed E-state index contributed by atoms with van der Waals surface area (Å²) in [6.45, 7) is 2.18. The van der Waals surface area contributed by atoms with Crippen molar-refractivity contribution in [1.82, 2.24) is 0 Å². The van der Waals surface area contributed by atoms with Gasteiger partial charge in [-0.15, -0.1) is 0 Å². The minimum absolute atomic E-state index is 0.220. The number of unbranched alkanes of at least 4 members (excludes halogenated alkanes) is 2. The van der Waals surface area contributed by atoms with E-state index in [2.05, 4.69) is 13.0 Å². The van der Waals surface area contributed by atoms with Gasteiger partial charge in [-0.05, 0) is 73.5 Å². The third kappa shape index (κ3) is 3.78. The lowest BCUT2D eigenvalue weighted by molar-refractivity contribution is 0.0869. The molecule has 24 heavy (non-hydrogen) atoms. The van der Waals surface area contributed by atoms with Crippen LogP contribution < -0.4 is 0 Å². The fourth-order valence-corrected chi connectivity index (χ4v) is 4.98. The van der Waals surface area contributed by atoms with Gasteiger partial charge >= 0.3 is 0 Å². The number of fused-ring (bicyclic) bond motifs is 2. The zero-order chi connectivity index (χ0) is 17.1. The molecule has 0 heterocycles. The lowest BCUT2D eigenvalue weighted by Gasteiger charge is -2.32. The van der Waals surface area contributed by atoms with Crippen LogP contribution in [-0.4, -0.2) is 27.5 Å². The molecule has 0 aliphatic heterocycles. The predicted octanol–water partition coefficient (Wildman–Crippen LogP) is 3.83. The lowest BCUT2D eigenvalue weighted by Crippen LogP contribution is -2.27. The molecule has 3 nitrogen and oxygen atoms in total. The van der Waals surface area contributed by atoms with Crippen LogP contribution in [0.15, 0.2) is 18.2 Å². The van der Waals surface area contributed by atoms with Crippen LogP contribution in [0.4, 0.5) is 0 Å². The fourth-order valence-electron chi connectivity index (χ4n) is 4.98. The van der Waals surface area contributed by atoms with E-state index in [9.17, 15) is 15.3 Å². The average molecular weight is 332 g/mol. The van der Waals surface area contributed by atoms with E-state index in [0.717, 1.165) is 50.5 Å². The summed E-state index contributed by atoms with van der Waals surface area (Å²) in [6.07, 6.45) is 8.31. The number of phenols is 1. The third-order valence-corrected chi connectivity index (χ3v) is 6.34. The van der Waals surface area contributed by atoms with Gasteiger partial charge in [0.15, 0.2) is 0 Å². The SMILES string of the molecule is CCCCC[C@H](O)CCC1C(O)C[C@@H]2Cc3c(O)cccc3C[C@H]12. The molecule has 0 bridgehead atoms. The molecule has 0 spiro atoms. The van der Waals surface area contributed by atoms with Gasteiger partial charge in [0.2, 0.25) is 0 Å². The highest BCUT2D eigenvalue weighted by Gasteiger charge is 2.44.